The number of hydrogen-bond donors (Lipinski definition) is 1. The first-order chi connectivity index (χ1) is 28.3. The van der Waals surface area contributed by atoms with Crippen LogP contribution in [0.15, 0.2) is 95.9 Å². The number of halogens is 3. The Hall–Kier alpha value is -3.44. The molecule has 11 atom stereocenters. The minimum Gasteiger partial charge on any atom is -0.460 e. The molecule has 13 nitrogen and oxygen atoms in total. The number of carbonyl (C=O) groups excluding carboxylic acids is 4. The van der Waals surface area contributed by atoms with Crippen LogP contribution in [0.3, 0.4) is 0 Å². The maximum atomic E-state index is 13.7. The molecule has 0 aliphatic carbocycles. The third-order valence-corrected chi connectivity index (χ3v) is 11.4. The van der Waals surface area contributed by atoms with Crippen molar-refractivity contribution in [3.05, 3.63) is 102 Å². The molecular formula is C42H46Cl3NO12S. The molecule has 0 aromatic heterocycles. The van der Waals surface area contributed by atoms with E-state index < -0.39 is 95.0 Å². The number of Topliss-reactive ketones (excluding diaryl/α,β-unsaturated/α-hetero) is 1. The highest BCUT2D eigenvalue weighted by molar-refractivity contribution is 7.99. The summed E-state index contributed by atoms with van der Waals surface area (Å²) >= 11 is 19.1. The first kappa shape index (κ1) is 45.1. The molecular weight excluding hydrogens is 849 g/mol. The van der Waals surface area contributed by atoms with Gasteiger partial charge in [0.05, 0.1) is 24.6 Å². The van der Waals surface area contributed by atoms with Crippen LogP contribution < -0.4 is 5.32 Å². The lowest BCUT2D eigenvalue weighted by atomic mass is 9.94. The molecule has 3 fully saturated rings. The standard InChI is InChI=1S/C42H46Cl3NO12S/c1-4-29(53-31(48)21-20-24(2)47)33-25(3)34(55-37(49)26-14-8-5-9-15-26)39(56-33)58-36-32(46-41(50)52-23-42(43,44)45)40(59-28-18-12-7-13-19-28)54-30-22-51-38(57-35(30)36)27-16-10-6-11-17-27/h5-19,25,29-30,32-36,38-40H,4,20-23H2,1-3H3,(H,46,50)/t25-,29-,30?,32?,33-,34?,35?,36?,38?,39+,40?/m1/s1. The predicted molar refractivity (Wildman–Crippen MR) is 218 cm³/mol. The second kappa shape index (κ2) is 20.9. The van der Waals surface area contributed by atoms with E-state index in [9.17, 15) is 19.2 Å². The Labute approximate surface area is 361 Å². The van der Waals surface area contributed by atoms with Crippen LogP contribution in [0, 0.1) is 5.92 Å². The average molecular weight is 895 g/mol. The fourth-order valence-corrected chi connectivity index (χ4v) is 8.34. The van der Waals surface area contributed by atoms with Crippen molar-refractivity contribution in [2.75, 3.05) is 13.2 Å². The van der Waals surface area contributed by atoms with Crippen LogP contribution in [0.5, 0.6) is 0 Å². The van der Waals surface area contributed by atoms with Crippen LogP contribution in [-0.2, 0) is 47.5 Å². The number of benzene rings is 3. The van der Waals surface area contributed by atoms with Crippen LogP contribution in [0.2, 0.25) is 0 Å². The van der Waals surface area contributed by atoms with E-state index in [2.05, 4.69) is 5.32 Å². The molecule has 0 radical (unpaired) electrons. The van der Waals surface area contributed by atoms with Gasteiger partial charge in [0.25, 0.3) is 0 Å². The second-order valence-electron chi connectivity index (χ2n) is 14.3. The molecule has 7 unspecified atom stereocenters. The van der Waals surface area contributed by atoms with Gasteiger partial charge in [-0.3, -0.25) is 4.79 Å². The number of esters is 2. The van der Waals surface area contributed by atoms with E-state index in [0.717, 1.165) is 10.5 Å². The molecule has 0 bridgehead atoms. The lowest BCUT2D eigenvalue weighted by Gasteiger charge is -2.49. The number of hydrogen-bond acceptors (Lipinski definition) is 13. The van der Waals surface area contributed by atoms with Crippen molar-refractivity contribution in [1.82, 2.24) is 5.32 Å². The number of thioether (sulfide) groups is 1. The number of nitrogens with one attached hydrogen (secondary N) is 1. The predicted octanol–water partition coefficient (Wildman–Crippen LogP) is 7.75. The number of carbonyl (C=O) groups is 4. The zero-order valence-corrected chi connectivity index (χ0v) is 35.6. The summed E-state index contributed by atoms with van der Waals surface area (Å²) in [4.78, 5) is 52.5. The summed E-state index contributed by atoms with van der Waals surface area (Å²) in [7, 11) is 0. The molecule has 1 N–H and O–H groups in total. The third-order valence-electron chi connectivity index (χ3n) is 9.93. The summed E-state index contributed by atoms with van der Waals surface area (Å²) in [5.74, 6) is -1.94. The quantitative estimate of drug-likeness (QED) is 0.0900. The van der Waals surface area contributed by atoms with Gasteiger partial charge in [0.2, 0.25) is 3.79 Å². The monoisotopic (exact) mass is 893 g/mol. The Morgan fingerprint density at radius 3 is 2.19 bits per heavy atom. The molecule has 3 saturated heterocycles. The van der Waals surface area contributed by atoms with Crippen molar-refractivity contribution in [2.24, 2.45) is 5.92 Å². The minimum atomic E-state index is -1.89. The zero-order chi connectivity index (χ0) is 42.1. The SMILES string of the molecule is CC[C@@H](OC(=O)CCC(C)=O)[C@@H]1O[C@@H](OC2C(NC(=O)OCC(Cl)(Cl)Cl)C(Sc3ccccc3)OC3COC(c4ccccc4)OC32)C(OC(=O)c2ccccc2)[C@@H]1C. The van der Waals surface area contributed by atoms with Gasteiger partial charge in [0.1, 0.15) is 48.3 Å². The smallest absolute Gasteiger partial charge is 0.407 e. The van der Waals surface area contributed by atoms with E-state index >= 15 is 0 Å². The normalized spacial score (nSPS) is 28.4. The number of alkyl carbamates (subject to hydrolysis) is 1. The zero-order valence-electron chi connectivity index (χ0n) is 32.5. The number of alkyl halides is 3. The van der Waals surface area contributed by atoms with Gasteiger partial charge >= 0.3 is 18.0 Å². The highest BCUT2D eigenvalue weighted by atomic mass is 35.6. The van der Waals surface area contributed by atoms with E-state index in [1.165, 1.54) is 18.7 Å². The molecule has 1 amide bonds. The summed E-state index contributed by atoms with van der Waals surface area (Å²) in [6.07, 6.45) is -8.19. The van der Waals surface area contributed by atoms with Gasteiger partial charge in [-0.25, -0.2) is 9.59 Å². The Morgan fingerprint density at radius 1 is 0.881 bits per heavy atom. The number of fused-ring (bicyclic) bond motifs is 1. The average Bonchev–Trinajstić information content (AvgIpc) is 3.53. The van der Waals surface area contributed by atoms with Crippen molar-refractivity contribution < 1.29 is 57.1 Å². The van der Waals surface area contributed by atoms with E-state index in [1.807, 2.05) is 74.5 Å². The van der Waals surface area contributed by atoms with Gasteiger partial charge in [0, 0.05) is 22.8 Å². The molecule has 3 aromatic carbocycles. The van der Waals surface area contributed by atoms with E-state index in [-0.39, 0.29) is 25.2 Å². The van der Waals surface area contributed by atoms with Crippen molar-refractivity contribution in [1.29, 1.82) is 0 Å². The Bertz CT molecular complexity index is 1860. The first-order valence-electron chi connectivity index (χ1n) is 19.2. The van der Waals surface area contributed by atoms with Crippen LogP contribution in [0.25, 0.3) is 0 Å². The van der Waals surface area contributed by atoms with Crippen molar-refractivity contribution in [2.45, 2.75) is 109 Å². The Balaban J connectivity index is 1.37. The highest BCUT2D eigenvalue weighted by Crippen LogP contribution is 2.43. The van der Waals surface area contributed by atoms with E-state index in [0.29, 0.717) is 12.0 Å². The van der Waals surface area contributed by atoms with Crippen LogP contribution >= 0.6 is 46.6 Å². The van der Waals surface area contributed by atoms with Crippen molar-refractivity contribution in [3.63, 3.8) is 0 Å². The van der Waals surface area contributed by atoms with Crippen LogP contribution in [0.4, 0.5) is 4.79 Å². The summed E-state index contributed by atoms with van der Waals surface area (Å²) < 4.78 is 48.5. The van der Waals surface area contributed by atoms with Crippen molar-refractivity contribution in [3.8, 4) is 0 Å². The van der Waals surface area contributed by atoms with Gasteiger partial charge in [-0.2, -0.15) is 0 Å². The highest BCUT2D eigenvalue weighted by Gasteiger charge is 2.56. The van der Waals surface area contributed by atoms with Crippen molar-refractivity contribution >= 4 is 70.4 Å². The third kappa shape index (κ3) is 12.3. The van der Waals surface area contributed by atoms with Crippen LogP contribution in [-0.4, -0.2) is 95.2 Å². The largest absolute Gasteiger partial charge is 0.460 e. The molecule has 0 spiro atoms. The summed E-state index contributed by atoms with van der Waals surface area (Å²) in [6.45, 7) is 4.57. The molecule has 318 valence electrons. The first-order valence-corrected chi connectivity index (χ1v) is 21.3. The lowest BCUT2D eigenvalue weighted by molar-refractivity contribution is -0.330. The number of ketones is 1. The fraction of sp³-hybridized carbons (Fsp3) is 0.476. The summed E-state index contributed by atoms with van der Waals surface area (Å²) in [6, 6.07) is 26.1. The van der Waals surface area contributed by atoms with Gasteiger partial charge in [-0.15, -0.1) is 0 Å². The Morgan fingerprint density at radius 2 is 1.54 bits per heavy atom. The van der Waals surface area contributed by atoms with Gasteiger partial charge in [-0.05, 0) is 37.6 Å². The summed E-state index contributed by atoms with van der Waals surface area (Å²) in [5, 5.41) is 2.87. The summed E-state index contributed by atoms with van der Waals surface area (Å²) in [5.41, 5.74) is 0.190. The molecule has 3 aliphatic rings. The number of amides is 1. The molecule has 17 heteroatoms. The van der Waals surface area contributed by atoms with Gasteiger partial charge in [0.15, 0.2) is 18.7 Å². The van der Waals surface area contributed by atoms with Gasteiger partial charge in [-0.1, -0.05) is 127 Å². The molecule has 59 heavy (non-hydrogen) atoms. The molecule has 3 heterocycles. The molecule has 0 saturated carbocycles. The lowest BCUT2D eigenvalue weighted by Crippen LogP contribution is -2.67. The maximum absolute atomic E-state index is 13.7. The molecule has 3 aliphatic heterocycles. The van der Waals surface area contributed by atoms with E-state index in [1.54, 1.807) is 30.3 Å². The second-order valence-corrected chi connectivity index (χ2v) is 18.0. The van der Waals surface area contributed by atoms with Gasteiger partial charge < -0.3 is 48.0 Å². The minimum absolute atomic E-state index is 0.0278. The maximum Gasteiger partial charge on any atom is 0.407 e. The number of ether oxygens (including phenoxy) is 8. The molecule has 3 aromatic rings. The number of rotatable bonds is 15. The topological polar surface area (TPSA) is 154 Å². The van der Waals surface area contributed by atoms with Crippen LogP contribution in [0.1, 0.15) is 62.2 Å². The molecule has 6 rings (SSSR count). The Kier molecular flexibility index (Phi) is 16.0. The fourth-order valence-electron chi connectivity index (χ4n) is 7.02. The van der Waals surface area contributed by atoms with E-state index in [4.69, 9.17) is 72.7 Å².